The van der Waals surface area contributed by atoms with Gasteiger partial charge in [-0.15, -0.1) is 0 Å². The van der Waals surface area contributed by atoms with Crippen molar-refractivity contribution in [2.45, 2.75) is 29.7 Å². The second-order valence-corrected chi connectivity index (χ2v) is 4.64. The summed E-state index contributed by atoms with van der Waals surface area (Å²) in [6.45, 7) is 1.25. The molecular formula is C18H33N4O12Y6-3. The zero-order chi connectivity index (χ0) is 21.9. The molecule has 2 spiro atoms. The number of hydrogen-bond donors (Lipinski definition) is 4. The summed E-state index contributed by atoms with van der Waals surface area (Å²) in [7, 11) is 0. The zero-order valence-corrected chi connectivity index (χ0v) is 36.0. The molecule has 4 aliphatic rings. The van der Waals surface area contributed by atoms with Crippen LogP contribution in [0.2, 0.25) is 0 Å². The smallest absolute Gasteiger partial charge is 0.357 e. The molecule has 4 aliphatic heterocycles. The van der Waals surface area contributed by atoms with Gasteiger partial charge < -0.3 is 56.7 Å². The molecule has 0 aromatic carbocycles. The first-order chi connectivity index (χ1) is 13.0. The van der Waals surface area contributed by atoms with Gasteiger partial charge in [-0.25, -0.2) is 45.0 Å². The minimum Gasteiger partial charge on any atom is -0.470 e. The molecule has 0 amide bonds. The third-order valence-electron chi connectivity index (χ3n) is 3.19. The standard InChI is InChI=1S/2C5O6.CH6N2.CH5N2.4CH4.2CH3.6Y/c2*6-1-5(2(7)10-1)3(8)11-4(5)9;2*2-1-3;;;;;;;;;;;;/h;;1-3H2;1H,2-3H2;4*1H4;2*1H3;;;;;;/q;;;-1;;;;;2*-1;;;;;;. The van der Waals surface area contributed by atoms with E-state index in [1.807, 2.05) is 0 Å². The Morgan fingerprint density at radius 1 is 0.450 bits per heavy atom. The van der Waals surface area contributed by atoms with E-state index < -0.39 is 58.6 Å². The first-order valence-electron chi connectivity index (χ1n) is 6.75. The fourth-order valence-corrected chi connectivity index (χ4v) is 1.76. The molecule has 0 aliphatic carbocycles. The molecule has 16 nitrogen and oxygen atoms in total. The van der Waals surface area contributed by atoms with Crippen LogP contribution in [0.1, 0.15) is 29.7 Å². The van der Waals surface area contributed by atoms with Gasteiger partial charge in [-0.05, 0) is 0 Å². The SMILES string of the molecule is C.C.C.C.NCN.N[CH-]N.O=C1OC(=O)C12C(=O)OC2=O.O=C1OC(=O)C12C(=O)OC2=O.[CH3-].[CH3-].[Y].[Y].[Y].[Y].[Y].[Y]. The van der Waals surface area contributed by atoms with Crippen molar-refractivity contribution >= 4 is 47.8 Å². The Morgan fingerprint density at radius 3 is 0.550 bits per heavy atom. The van der Waals surface area contributed by atoms with Crippen molar-refractivity contribution in [1.82, 2.24) is 0 Å². The van der Waals surface area contributed by atoms with Crippen LogP contribution in [0.25, 0.3) is 0 Å². The van der Waals surface area contributed by atoms with Crippen molar-refractivity contribution in [3.8, 4) is 0 Å². The number of rotatable bonds is 0. The Balaban J connectivity index is -0.0000000262. The minimum atomic E-state index is -2.22. The molecule has 4 saturated heterocycles. The molecule has 4 heterocycles. The molecule has 0 atom stereocenters. The van der Waals surface area contributed by atoms with Crippen LogP contribution in [0.15, 0.2) is 0 Å². The predicted molar refractivity (Wildman–Crippen MR) is 115 cm³/mol. The average molecular weight is 1030 g/mol. The largest absolute Gasteiger partial charge is 0.470 e. The summed E-state index contributed by atoms with van der Waals surface area (Å²) in [4.78, 5) is 84.0. The van der Waals surface area contributed by atoms with Crippen molar-refractivity contribution in [2.75, 3.05) is 6.67 Å². The van der Waals surface area contributed by atoms with Gasteiger partial charge in [0.1, 0.15) is 0 Å². The van der Waals surface area contributed by atoms with Crippen molar-refractivity contribution < 1.29 is 254 Å². The van der Waals surface area contributed by atoms with Gasteiger partial charge in [-0.1, -0.05) is 29.7 Å². The van der Waals surface area contributed by atoms with E-state index >= 15 is 0 Å². The summed E-state index contributed by atoms with van der Waals surface area (Å²) in [6, 6.07) is 0. The summed E-state index contributed by atoms with van der Waals surface area (Å²) >= 11 is 0. The summed E-state index contributed by atoms with van der Waals surface area (Å²) in [6.07, 6.45) is 0. The Morgan fingerprint density at radius 2 is 0.525 bits per heavy atom. The predicted octanol–water partition coefficient (Wildman–Crippen LogP) is -2.41. The fourth-order valence-electron chi connectivity index (χ4n) is 1.76. The third kappa shape index (κ3) is 14.6. The molecule has 40 heavy (non-hydrogen) atoms. The normalized spacial score (nSPS) is 14.9. The van der Waals surface area contributed by atoms with E-state index in [9.17, 15) is 38.4 Å². The monoisotopic (exact) mass is 1030 g/mol. The van der Waals surface area contributed by atoms with Crippen molar-refractivity contribution in [1.29, 1.82) is 0 Å². The Bertz CT molecular complexity index is 640. The van der Waals surface area contributed by atoms with Gasteiger partial charge in [-0.2, -0.15) is 0 Å². The van der Waals surface area contributed by atoms with E-state index in [0.29, 0.717) is 0 Å². The molecule has 0 aromatic rings. The molecule has 22 heteroatoms. The van der Waals surface area contributed by atoms with E-state index in [0.717, 1.165) is 6.67 Å². The van der Waals surface area contributed by atoms with Gasteiger partial charge >= 0.3 is 58.6 Å². The van der Waals surface area contributed by atoms with Gasteiger partial charge in [0.25, 0.3) is 0 Å². The number of nitrogens with two attached hydrogens (primary N) is 4. The molecular weight excluding hydrogens is 998 g/mol. The zero-order valence-electron chi connectivity index (χ0n) is 19.0. The maximum Gasteiger partial charge on any atom is 0.357 e. The van der Waals surface area contributed by atoms with Crippen LogP contribution in [0.3, 0.4) is 0 Å². The van der Waals surface area contributed by atoms with Crippen molar-refractivity contribution in [3.63, 3.8) is 0 Å². The maximum absolute atomic E-state index is 10.5. The first kappa shape index (κ1) is 78.9. The van der Waals surface area contributed by atoms with Crippen molar-refractivity contribution in [3.05, 3.63) is 21.5 Å². The van der Waals surface area contributed by atoms with Gasteiger partial charge in [0.2, 0.25) is 0 Å². The van der Waals surface area contributed by atoms with Gasteiger partial charge in [-0.3, -0.25) is 0 Å². The number of carbonyl (C=O) groups is 8. The van der Waals surface area contributed by atoms with Crippen LogP contribution in [-0.2, 0) is 254 Å². The molecule has 4 fully saturated rings. The molecule has 0 unspecified atom stereocenters. The molecule has 6 radical (unpaired) electrons. The second kappa shape index (κ2) is 34.9. The number of cyclic esters (lactones) is 8. The second-order valence-electron chi connectivity index (χ2n) is 4.64. The molecule has 0 saturated carbocycles. The van der Waals surface area contributed by atoms with E-state index in [-0.39, 0.29) is 247 Å². The molecule has 4 rings (SSSR count). The Labute approximate surface area is 385 Å². The van der Waals surface area contributed by atoms with Crippen LogP contribution >= 0.6 is 0 Å². The number of hydrogen-bond acceptors (Lipinski definition) is 16. The summed E-state index contributed by atoms with van der Waals surface area (Å²) < 4.78 is 15.4. The number of esters is 8. The van der Waals surface area contributed by atoms with Crippen LogP contribution in [0.4, 0.5) is 0 Å². The van der Waals surface area contributed by atoms with Crippen LogP contribution in [-0.4, -0.2) is 54.4 Å². The quantitative estimate of drug-likeness (QED) is 0.0647. The average Bonchev–Trinajstić information content (AvgIpc) is 2.55. The Hall–Kier alpha value is 3.02. The van der Waals surface area contributed by atoms with Gasteiger partial charge in [0.05, 0.1) is 0 Å². The van der Waals surface area contributed by atoms with E-state index in [2.05, 4.69) is 41.9 Å². The van der Waals surface area contributed by atoms with Crippen molar-refractivity contribution in [2.24, 2.45) is 33.8 Å². The van der Waals surface area contributed by atoms with Gasteiger partial charge in [0.15, 0.2) is 0 Å². The number of ether oxygens (including phenoxy) is 4. The van der Waals surface area contributed by atoms with Crippen LogP contribution in [0, 0.1) is 32.4 Å². The fraction of sp³-hybridized carbons (Fsp3) is 0.389. The minimum absolute atomic E-state index is 0. The summed E-state index contributed by atoms with van der Waals surface area (Å²) in [5.74, 6) is -9.08. The van der Waals surface area contributed by atoms with Crippen LogP contribution < -0.4 is 22.9 Å². The van der Waals surface area contributed by atoms with Gasteiger partial charge in [0, 0.05) is 203 Å². The van der Waals surface area contributed by atoms with E-state index in [4.69, 9.17) is 0 Å². The van der Waals surface area contributed by atoms with E-state index in [1.165, 1.54) is 0 Å². The molecule has 8 N–H and O–H groups in total. The molecule has 0 aromatic heterocycles. The summed E-state index contributed by atoms with van der Waals surface area (Å²) in [5.41, 5.74) is 13.8. The third-order valence-corrected chi connectivity index (χ3v) is 3.19. The first-order valence-corrected chi connectivity index (χ1v) is 6.75. The number of carbonyl (C=O) groups excluding carboxylic acids is 8. The topological polar surface area (TPSA) is 278 Å². The van der Waals surface area contributed by atoms with E-state index in [1.54, 1.807) is 0 Å². The molecule has 218 valence electrons. The van der Waals surface area contributed by atoms with Crippen LogP contribution in [0.5, 0.6) is 0 Å². The summed E-state index contributed by atoms with van der Waals surface area (Å²) in [5, 5.41) is 0. The molecule has 0 bridgehead atoms. The Kier molecular flexibility index (Phi) is 68.9. The maximum atomic E-state index is 10.5.